The molecule has 2 heterocycles. The van der Waals surface area contributed by atoms with E-state index in [0.717, 1.165) is 16.5 Å². The topological polar surface area (TPSA) is 17.3 Å². The van der Waals surface area contributed by atoms with Crippen molar-refractivity contribution < 1.29 is 28.9 Å². The van der Waals surface area contributed by atoms with Gasteiger partial charge in [0.05, 0.1) is 16.7 Å². The summed E-state index contributed by atoms with van der Waals surface area (Å²) in [5, 5.41) is 1.89. The number of nitrogens with zero attached hydrogens (tertiary/aromatic N) is 2. The Morgan fingerprint density at radius 3 is 2.14 bits per heavy atom. The molecular formula is C23H23F2IrN2-. The van der Waals surface area contributed by atoms with Crippen LogP contribution in [-0.2, 0) is 30.9 Å². The number of hydrogen-bond donors (Lipinski definition) is 0. The molecule has 28 heavy (non-hydrogen) atoms. The number of pyridine rings is 1. The Hall–Kier alpha value is -1.84. The normalized spacial score (nSPS) is 12.7. The number of fused-ring (bicyclic) bond motifs is 5. The Morgan fingerprint density at radius 1 is 0.893 bits per heavy atom. The SMILES string of the molecule is CC(C)(C)c1c[c-]c2c(c1)cc(C(C)(C)C)n1c3cc(F)c(F)cc3nc21.[Ir]. The van der Waals surface area contributed by atoms with Crippen LogP contribution in [0, 0.1) is 17.7 Å². The summed E-state index contributed by atoms with van der Waals surface area (Å²) < 4.78 is 29.7. The standard InChI is InChI=1S/C23H23F2N2.Ir/c1-22(2,3)14-7-8-15-13(9-14)10-20(23(4,5)6)27-19-12-17(25)16(24)11-18(19)26-21(15)27;/h7,9-12H,1-6H3;/q-1;. The van der Waals surface area contributed by atoms with Crippen LogP contribution in [0.15, 0.2) is 30.3 Å². The van der Waals surface area contributed by atoms with Crippen molar-refractivity contribution in [2.75, 3.05) is 0 Å². The Bertz CT molecular complexity index is 1210. The Balaban J connectivity index is 0.00000225. The van der Waals surface area contributed by atoms with E-state index >= 15 is 0 Å². The van der Waals surface area contributed by atoms with E-state index in [-0.39, 0.29) is 30.9 Å². The molecule has 2 nitrogen and oxygen atoms in total. The minimum Gasteiger partial charge on any atom is -0.337 e. The molecule has 0 amide bonds. The Morgan fingerprint density at radius 2 is 1.54 bits per heavy atom. The maximum atomic E-state index is 14.0. The molecule has 0 N–H and O–H groups in total. The molecule has 0 bridgehead atoms. The van der Waals surface area contributed by atoms with Gasteiger partial charge in [0.2, 0.25) is 0 Å². The van der Waals surface area contributed by atoms with Crippen LogP contribution < -0.4 is 0 Å². The van der Waals surface area contributed by atoms with Crippen molar-refractivity contribution >= 4 is 27.5 Å². The van der Waals surface area contributed by atoms with Gasteiger partial charge in [0.1, 0.15) is 0 Å². The zero-order valence-corrected chi connectivity index (χ0v) is 19.3. The molecule has 0 atom stereocenters. The van der Waals surface area contributed by atoms with Crippen molar-refractivity contribution in [3.8, 4) is 0 Å². The van der Waals surface area contributed by atoms with E-state index in [1.807, 2.05) is 10.5 Å². The first kappa shape index (κ1) is 20.9. The largest absolute Gasteiger partial charge is 0.337 e. The minimum atomic E-state index is -0.883. The molecule has 0 aliphatic rings. The number of rotatable bonds is 0. The maximum Gasteiger partial charge on any atom is 0.161 e. The van der Waals surface area contributed by atoms with Gasteiger partial charge in [0, 0.05) is 43.3 Å². The molecule has 0 spiro atoms. The molecular weight excluding hydrogens is 534 g/mol. The molecule has 0 aliphatic heterocycles. The summed E-state index contributed by atoms with van der Waals surface area (Å²) in [6, 6.07) is 12.0. The second-order valence-electron chi connectivity index (χ2n) is 9.27. The first-order valence-electron chi connectivity index (χ1n) is 9.13. The van der Waals surface area contributed by atoms with Gasteiger partial charge in [-0.25, -0.2) is 8.78 Å². The molecule has 2 aromatic heterocycles. The van der Waals surface area contributed by atoms with Gasteiger partial charge in [0.25, 0.3) is 0 Å². The van der Waals surface area contributed by atoms with E-state index in [1.165, 1.54) is 17.7 Å². The van der Waals surface area contributed by atoms with Crippen LogP contribution in [0.1, 0.15) is 52.8 Å². The van der Waals surface area contributed by atoms with Crippen molar-refractivity contribution in [2.24, 2.45) is 0 Å². The van der Waals surface area contributed by atoms with Crippen LogP contribution >= 0.6 is 0 Å². The van der Waals surface area contributed by atoms with Crippen molar-refractivity contribution in [3.63, 3.8) is 0 Å². The average Bonchev–Trinajstić information content (AvgIpc) is 2.90. The molecule has 0 saturated carbocycles. The van der Waals surface area contributed by atoms with Crippen molar-refractivity contribution in [3.05, 3.63) is 59.3 Å². The quantitative estimate of drug-likeness (QED) is 0.232. The Kier molecular flexibility index (Phi) is 4.92. The van der Waals surface area contributed by atoms with Crippen LogP contribution in [0.25, 0.3) is 27.5 Å². The van der Waals surface area contributed by atoms with Crippen molar-refractivity contribution in [1.29, 1.82) is 0 Å². The molecule has 4 aromatic rings. The zero-order valence-electron chi connectivity index (χ0n) is 16.9. The maximum absolute atomic E-state index is 14.0. The van der Waals surface area contributed by atoms with E-state index < -0.39 is 11.6 Å². The third kappa shape index (κ3) is 3.25. The molecule has 0 fully saturated rings. The average molecular weight is 558 g/mol. The van der Waals surface area contributed by atoms with Crippen LogP contribution in [0.2, 0.25) is 0 Å². The summed E-state index contributed by atoms with van der Waals surface area (Å²) in [5.74, 6) is -1.75. The molecule has 4 rings (SSSR count). The number of halogens is 2. The van der Waals surface area contributed by atoms with Gasteiger partial charge in [-0.15, -0.1) is 34.5 Å². The van der Waals surface area contributed by atoms with Gasteiger partial charge in [-0.2, -0.15) is 0 Å². The van der Waals surface area contributed by atoms with Crippen molar-refractivity contribution in [1.82, 2.24) is 9.38 Å². The summed E-state index contributed by atoms with van der Waals surface area (Å²) in [5.41, 5.74) is 3.68. The molecule has 149 valence electrons. The summed E-state index contributed by atoms with van der Waals surface area (Å²) in [7, 11) is 0. The fourth-order valence-electron chi connectivity index (χ4n) is 3.50. The van der Waals surface area contributed by atoms with E-state index in [9.17, 15) is 8.78 Å². The monoisotopic (exact) mass is 558 g/mol. The number of aromatic nitrogens is 2. The third-order valence-corrected chi connectivity index (χ3v) is 5.06. The zero-order chi connectivity index (χ0) is 19.7. The van der Waals surface area contributed by atoms with Gasteiger partial charge >= 0.3 is 0 Å². The fraction of sp³-hybridized carbons (Fsp3) is 0.348. The molecule has 5 heteroatoms. The van der Waals surface area contributed by atoms with Crippen LogP contribution in [0.3, 0.4) is 0 Å². The minimum absolute atomic E-state index is 0. The number of hydrogen-bond acceptors (Lipinski definition) is 1. The fourth-order valence-corrected chi connectivity index (χ4v) is 3.50. The summed E-state index contributed by atoms with van der Waals surface area (Å²) in [6.45, 7) is 12.8. The summed E-state index contributed by atoms with van der Waals surface area (Å²) in [4.78, 5) is 4.64. The first-order chi connectivity index (χ1) is 12.5. The Labute approximate surface area is 177 Å². The molecule has 2 aromatic carbocycles. The van der Waals surface area contributed by atoms with Gasteiger partial charge in [0.15, 0.2) is 11.6 Å². The van der Waals surface area contributed by atoms with E-state index in [0.29, 0.717) is 16.7 Å². The van der Waals surface area contributed by atoms with Gasteiger partial charge in [-0.05, 0) is 5.41 Å². The second kappa shape index (κ2) is 6.60. The first-order valence-corrected chi connectivity index (χ1v) is 9.13. The van der Waals surface area contributed by atoms with Gasteiger partial charge < -0.3 is 4.40 Å². The molecule has 1 radical (unpaired) electrons. The number of imidazole rings is 1. The smallest absolute Gasteiger partial charge is 0.161 e. The summed E-state index contributed by atoms with van der Waals surface area (Å²) in [6.07, 6.45) is 0. The molecule has 0 saturated heterocycles. The molecule has 0 aliphatic carbocycles. The summed E-state index contributed by atoms with van der Waals surface area (Å²) >= 11 is 0. The predicted molar refractivity (Wildman–Crippen MR) is 106 cm³/mol. The van der Waals surface area contributed by atoms with Crippen molar-refractivity contribution in [2.45, 2.75) is 52.4 Å². The molecule has 0 unspecified atom stereocenters. The third-order valence-electron chi connectivity index (χ3n) is 5.06. The van der Waals surface area contributed by atoms with Crippen LogP contribution in [-0.4, -0.2) is 9.38 Å². The van der Waals surface area contributed by atoms with E-state index in [4.69, 9.17) is 0 Å². The van der Waals surface area contributed by atoms with Gasteiger partial charge in [-0.1, -0.05) is 47.6 Å². The van der Waals surface area contributed by atoms with Gasteiger partial charge in [-0.3, -0.25) is 4.98 Å². The number of benzene rings is 2. The predicted octanol–water partition coefficient (Wildman–Crippen LogP) is 6.31. The van der Waals surface area contributed by atoms with Crippen LogP contribution in [0.5, 0.6) is 0 Å². The van der Waals surface area contributed by atoms with E-state index in [1.54, 1.807) is 0 Å². The van der Waals surface area contributed by atoms with E-state index in [2.05, 4.69) is 64.7 Å². The van der Waals surface area contributed by atoms with Crippen LogP contribution in [0.4, 0.5) is 8.78 Å². The second-order valence-corrected chi connectivity index (χ2v) is 9.27.